The molecule has 2 fully saturated rings. The van der Waals surface area contributed by atoms with E-state index in [1.54, 1.807) is 4.31 Å². The van der Waals surface area contributed by atoms with Crippen molar-refractivity contribution in [2.45, 2.75) is 25.7 Å². The fourth-order valence-corrected chi connectivity index (χ4v) is 3.87. The molecule has 2 rings (SSSR count). The van der Waals surface area contributed by atoms with E-state index < -0.39 is 10.2 Å². The molecule has 1 aliphatic carbocycles. The average molecular weight is 305 g/mol. The first-order valence-corrected chi connectivity index (χ1v) is 9.03. The summed E-state index contributed by atoms with van der Waals surface area (Å²) in [7, 11) is -1.44. The summed E-state index contributed by atoms with van der Waals surface area (Å²) in [4.78, 5) is 0. The van der Waals surface area contributed by atoms with Crippen LogP contribution in [0.4, 0.5) is 0 Å². The van der Waals surface area contributed by atoms with Crippen LogP contribution in [-0.2, 0) is 14.9 Å². The molecule has 0 bridgehead atoms. The van der Waals surface area contributed by atoms with E-state index in [1.807, 2.05) is 7.05 Å². The molecule has 6 nitrogen and oxygen atoms in total. The molecule has 0 aromatic carbocycles. The van der Waals surface area contributed by atoms with Gasteiger partial charge in [0.1, 0.15) is 0 Å². The highest BCUT2D eigenvalue weighted by atomic mass is 32.2. The maximum absolute atomic E-state index is 12.2. The summed E-state index contributed by atoms with van der Waals surface area (Å²) >= 11 is 0. The third kappa shape index (κ3) is 5.29. The molecule has 0 radical (unpaired) electrons. The van der Waals surface area contributed by atoms with Crippen LogP contribution >= 0.6 is 0 Å². The molecule has 1 unspecified atom stereocenters. The first kappa shape index (κ1) is 16.2. The van der Waals surface area contributed by atoms with Gasteiger partial charge in [0.25, 0.3) is 10.2 Å². The SMILES string of the molecule is CNCC1CCCN(S(=O)(=O)NCCOCC2CC2)C1. The van der Waals surface area contributed by atoms with Gasteiger partial charge in [0.15, 0.2) is 0 Å². The van der Waals surface area contributed by atoms with Gasteiger partial charge in [-0.05, 0) is 51.1 Å². The van der Waals surface area contributed by atoms with Crippen molar-refractivity contribution >= 4 is 10.2 Å². The van der Waals surface area contributed by atoms with Gasteiger partial charge < -0.3 is 10.1 Å². The molecule has 20 heavy (non-hydrogen) atoms. The summed E-state index contributed by atoms with van der Waals surface area (Å²) in [6, 6.07) is 0. The highest BCUT2D eigenvalue weighted by Gasteiger charge is 2.28. The Balaban J connectivity index is 1.67. The van der Waals surface area contributed by atoms with Crippen molar-refractivity contribution in [3.63, 3.8) is 0 Å². The second kappa shape index (κ2) is 7.70. The Labute approximate surface area is 122 Å². The van der Waals surface area contributed by atoms with Crippen LogP contribution in [0.15, 0.2) is 0 Å². The van der Waals surface area contributed by atoms with Crippen molar-refractivity contribution in [3.8, 4) is 0 Å². The van der Waals surface area contributed by atoms with Crippen LogP contribution in [0.5, 0.6) is 0 Å². The Bertz CT molecular complexity index is 382. The Hall–Kier alpha value is -0.210. The monoisotopic (exact) mass is 305 g/mol. The molecule has 7 heteroatoms. The molecule has 0 amide bonds. The first-order valence-electron chi connectivity index (χ1n) is 7.59. The molecule has 1 saturated heterocycles. The van der Waals surface area contributed by atoms with Crippen molar-refractivity contribution in [1.82, 2.24) is 14.3 Å². The summed E-state index contributed by atoms with van der Waals surface area (Å²) in [6.07, 6.45) is 4.54. The second-order valence-electron chi connectivity index (χ2n) is 5.84. The standard InChI is InChI=1S/C13H27N3O3S/c1-14-9-13-3-2-7-16(10-13)20(17,18)15-6-8-19-11-12-4-5-12/h12-15H,2-11H2,1H3. The van der Waals surface area contributed by atoms with Crippen molar-refractivity contribution in [3.05, 3.63) is 0 Å². The number of piperidine rings is 1. The maximum atomic E-state index is 12.2. The van der Waals surface area contributed by atoms with E-state index >= 15 is 0 Å². The molecule has 1 aliphatic heterocycles. The predicted octanol–water partition coefficient (Wildman–Crippen LogP) is 0.179. The molecule has 0 aromatic heterocycles. The Morgan fingerprint density at radius 3 is 2.75 bits per heavy atom. The number of nitrogens with zero attached hydrogens (tertiary/aromatic N) is 1. The van der Waals surface area contributed by atoms with Gasteiger partial charge in [-0.25, -0.2) is 0 Å². The molecule has 2 aliphatic rings. The zero-order valence-corrected chi connectivity index (χ0v) is 13.1. The molecule has 0 spiro atoms. The third-order valence-electron chi connectivity index (χ3n) is 3.90. The Kier molecular flexibility index (Phi) is 6.22. The minimum absolute atomic E-state index is 0.363. The van der Waals surface area contributed by atoms with Crippen LogP contribution < -0.4 is 10.0 Å². The summed E-state index contributed by atoms with van der Waals surface area (Å²) < 4.78 is 34.0. The molecule has 1 heterocycles. The zero-order chi connectivity index (χ0) is 14.4. The lowest BCUT2D eigenvalue weighted by atomic mass is 10.00. The normalized spacial score (nSPS) is 24.9. The lowest BCUT2D eigenvalue weighted by Gasteiger charge is -2.31. The van der Waals surface area contributed by atoms with E-state index in [4.69, 9.17) is 4.74 Å². The average Bonchev–Trinajstić information content (AvgIpc) is 3.23. The molecule has 2 N–H and O–H groups in total. The predicted molar refractivity (Wildman–Crippen MR) is 78.7 cm³/mol. The molecule has 0 aromatic rings. The summed E-state index contributed by atoms with van der Waals surface area (Å²) in [5, 5.41) is 3.12. The van der Waals surface area contributed by atoms with Crippen LogP contribution in [0.25, 0.3) is 0 Å². The van der Waals surface area contributed by atoms with Crippen LogP contribution in [-0.4, -0.2) is 59.2 Å². The third-order valence-corrected chi connectivity index (χ3v) is 5.48. The number of rotatable bonds is 9. The number of nitrogens with one attached hydrogen (secondary N) is 2. The Morgan fingerprint density at radius 2 is 2.05 bits per heavy atom. The zero-order valence-electron chi connectivity index (χ0n) is 12.3. The lowest BCUT2D eigenvalue weighted by Crippen LogP contribution is -2.48. The number of hydrogen-bond acceptors (Lipinski definition) is 4. The maximum Gasteiger partial charge on any atom is 0.279 e. The minimum Gasteiger partial charge on any atom is -0.380 e. The van der Waals surface area contributed by atoms with E-state index in [2.05, 4.69) is 10.0 Å². The van der Waals surface area contributed by atoms with Crippen molar-refractivity contribution < 1.29 is 13.2 Å². The molecule has 1 atom stereocenters. The fraction of sp³-hybridized carbons (Fsp3) is 1.00. The van der Waals surface area contributed by atoms with E-state index in [-0.39, 0.29) is 0 Å². The van der Waals surface area contributed by atoms with Gasteiger partial charge in [-0.1, -0.05) is 0 Å². The van der Waals surface area contributed by atoms with Crippen molar-refractivity contribution in [2.75, 3.05) is 46.4 Å². The van der Waals surface area contributed by atoms with Gasteiger partial charge in [0, 0.05) is 26.2 Å². The van der Waals surface area contributed by atoms with Crippen LogP contribution in [0.2, 0.25) is 0 Å². The van der Waals surface area contributed by atoms with E-state index in [1.165, 1.54) is 12.8 Å². The summed E-state index contributed by atoms with van der Waals surface area (Å²) in [5.41, 5.74) is 0. The fourth-order valence-electron chi connectivity index (χ4n) is 2.57. The highest BCUT2D eigenvalue weighted by Crippen LogP contribution is 2.28. The van der Waals surface area contributed by atoms with Gasteiger partial charge in [-0.2, -0.15) is 17.4 Å². The molecular weight excluding hydrogens is 278 g/mol. The van der Waals surface area contributed by atoms with E-state index in [9.17, 15) is 8.42 Å². The lowest BCUT2D eigenvalue weighted by molar-refractivity contribution is 0.129. The molecule has 1 saturated carbocycles. The van der Waals surface area contributed by atoms with Crippen LogP contribution in [0.3, 0.4) is 0 Å². The van der Waals surface area contributed by atoms with Crippen molar-refractivity contribution in [2.24, 2.45) is 11.8 Å². The Morgan fingerprint density at radius 1 is 1.25 bits per heavy atom. The van der Waals surface area contributed by atoms with E-state index in [0.29, 0.717) is 32.2 Å². The van der Waals surface area contributed by atoms with Crippen LogP contribution in [0.1, 0.15) is 25.7 Å². The topological polar surface area (TPSA) is 70.7 Å². The smallest absolute Gasteiger partial charge is 0.279 e. The quantitative estimate of drug-likeness (QED) is 0.596. The number of ether oxygens (including phenoxy) is 1. The van der Waals surface area contributed by atoms with Gasteiger partial charge in [-0.3, -0.25) is 0 Å². The largest absolute Gasteiger partial charge is 0.380 e. The van der Waals surface area contributed by atoms with Gasteiger partial charge in [0.05, 0.1) is 6.61 Å². The molecule has 118 valence electrons. The highest BCUT2D eigenvalue weighted by molar-refractivity contribution is 7.87. The summed E-state index contributed by atoms with van der Waals surface area (Å²) in [5.74, 6) is 1.13. The van der Waals surface area contributed by atoms with Gasteiger partial charge in [0.2, 0.25) is 0 Å². The first-order chi connectivity index (χ1) is 9.62. The van der Waals surface area contributed by atoms with Gasteiger partial charge in [-0.15, -0.1) is 0 Å². The molecular formula is C13H27N3O3S. The second-order valence-corrected chi connectivity index (χ2v) is 7.60. The minimum atomic E-state index is -3.34. The van der Waals surface area contributed by atoms with Gasteiger partial charge >= 0.3 is 0 Å². The number of hydrogen-bond donors (Lipinski definition) is 2. The van der Waals surface area contributed by atoms with Crippen LogP contribution in [0, 0.1) is 11.8 Å². The van der Waals surface area contributed by atoms with Crippen molar-refractivity contribution in [1.29, 1.82) is 0 Å². The van der Waals surface area contributed by atoms with E-state index in [0.717, 1.165) is 31.9 Å². The summed E-state index contributed by atoms with van der Waals surface area (Å²) in [6.45, 7) is 3.70.